The second kappa shape index (κ2) is 10.8. The van der Waals surface area contributed by atoms with Gasteiger partial charge in [0, 0.05) is 24.5 Å². The van der Waals surface area contributed by atoms with E-state index in [1.165, 1.54) is 18.2 Å². The lowest BCUT2D eigenvalue weighted by Crippen LogP contribution is -2.45. The number of ether oxygens (including phenoxy) is 1. The van der Waals surface area contributed by atoms with Gasteiger partial charge >= 0.3 is 0 Å². The summed E-state index contributed by atoms with van der Waals surface area (Å²) in [5.74, 6) is -1.42. The van der Waals surface area contributed by atoms with E-state index in [1.54, 1.807) is 36.4 Å². The highest BCUT2D eigenvalue weighted by molar-refractivity contribution is 7.89. The van der Waals surface area contributed by atoms with Crippen LogP contribution < -0.4 is 14.9 Å². The van der Waals surface area contributed by atoms with Gasteiger partial charge in [-0.05, 0) is 48.4 Å². The van der Waals surface area contributed by atoms with Crippen LogP contribution in [0.3, 0.4) is 0 Å². The third-order valence-corrected chi connectivity index (χ3v) is 7.04. The van der Waals surface area contributed by atoms with Crippen molar-refractivity contribution in [3.8, 4) is 0 Å². The molecule has 1 aliphatic rings. The summed E-state index contributed by atoms with van der Waals surface area (Å²) in [5.41, 5.74) is 2.31. The molecule has 3 aromatic rings. The van der Waals surface area contributed by atoms with Crippen LogP contribution in [0.25, 0.3) is 0 Å². The minimum absolute atomic E-state index is 0.103. The van der Waals surface area contributed by atoms with Crippen molar-refractivity contribution in [3.63, 3.8) is 0 Å². The summed E-state index contributed by atoms with van der Waals surface area (Å²) >= 11 is 0. The van der Waals surface area contributed by atoms with Crippen LogP contribution in [0.4, 0.5) is 15.8 Å². The zero-order valence-electron chi connectivity index (χ0n) is 18.5. The molecule has 4 rings (SSSR count). The summed E-state index contributed by atoms with van der Waals surface area (Å²) in [6.07, 6.45) is 0.103. The molecule has 3 aromatic carbocycles. The SMILES string of the molecule is O=C(Nc1ccc(N2CCOCC2)cc1)[C@@H](Cc1ccccc1)NS(=O)(=O)c1ccccc1F. The first-order chi connectivity index (χ1) is 16.4. The van der Waals surface area contributed by atoms with Crippen molar-refractivity contribution in [1.82, 2.24) is 4.72 Å². The van der Waals surface area contributed by atoms with Crippen molar-refractivity contribution in [2.75, 3.05) is 36.5 Å². The second-order valence-corrected chi connectivity index (χ2v) is 9.61. The fourth-order valence-corrected chi connectivity index (χ4v) is 5.03. The van der Waals surface area contributed by atoms with E-state index in [9.17, 15) is 17.6 Å². The van der Waals surface area contributed by atoms with Gasteiger partial charge in [-0.15, -0.1) is 0 Å². The molecule has 2 N–H and O–H groups in total. The van der Waals surface area contributed by atoms with Gasteiger partial charge in [0.1, 0.15) is 16.8 Å². The number of carbonyl (C=O) groups is 1. The molecule has 0 bridgehead atoms. The Labute approximate surface area is 198 Å². The fraction of sp³-hybridized carbons (Fsp3) is 0.240. The Hall–Kier alpha value is -3.27. The third kappa shape index (κ3) is 5.99. The molecule has 1 saturated heterocycles. The minimum atomic E-state index is -4.27. The predicted molar refractivity (Wildman–Crippen MR) is 129 cm³/mol. The van der Waals surface area contributed by atoms with E-state index in [2.05, 4.69) is 14.9 Å². The fourth-order valence-electron chi connectivity index (χ4n) is 3.76. The lowest BCUT2D eigenvalue weighted by molar-refractivity contribution is -0.117. The number of rotatable bonds is 8. The first kappa shape index (κ1) is 23.9. The maximum absolute atomic E-state index is 14.2. The van der Waals surface area contributed by atoms with E-state index >= 15 is 0 Å². The summed E-state index contributed by atoms with van der Waals surface area (Å²) in [7, 11) is -4.27. The van der Waals surface area contributed by atoms with E-state index in [1.807, 2.05) is 18.2 Å². The molecule has 9 heteroatoms. The summed E-state index contributed by atoms with van der Waals surface area (Å²) < 4.78 is 47.7. The van der Waals surface area contributed by atoms with Gasteiger partial charge in [0.2, 0.25) is 15.9 Å². The average molecular weight is 484 g/mol. The summed E-state index contributed by atoms with van der Waals surface area (Å²) in [5, 5.41) is 2.78. The Morgan fingerprint density at radius 3 is 2.26 bits per heavy atom. The normalized spacial score (nSPS) is 15.0. The molecule has 0 unspecified atom stereocenters. The number of morpholine rings is 1. The van der Waals surface area contributed by atoms with Crippen LogP contribution >= 0.6 is 0 Å². The summed E-state index contributed by atoms with van der Waals surface area (Å²) in [6, 6.07) is 20.3. The topological polar surface area (TPSA) is 87.7 Å². The molecule has 1 aliphatic heterocycles. The van der Waals surface area contributed by atoms with Crippen LogP contribution in [0.15, 0.2) is 83.8 Å². The molecule has 1 heterocycles. The van der Waals surface area contributed by atoms with Gasteiger partial charge < -0.3 is 15.0 Å². The molecule has 0 aliphatic carbocycles. The maximum atomic E-state index is 14.2. The predicted octanol–water partition coefficient (Wildman–Crippen LogP) is 3.19. The summed E-state index contributed by atoms with van der Waals surface area (Å²) in [6.45, 7) is 2.93. The Morgan fingerprint density at radius 2 is 1.59 bits per heavy atom. The van der Waals surface area contributed by atoms with E-state index in [4.69, 9.17) is 4.74 Å². The number of sulfonamides is 1. The standard InChI is InChI=1S/C25H26FN3O4S/c26-22-8-4-5-9-24(22)34(31,32)28-23(18-19-6-2-1-3-7-19)25(30)27-20-10-12-21(13-11-20)29-14-16-33-17-15-29/h1-13,23,28H,14-18H2,(H,27,30)/t23-/m1/s1. The average Bonchev–Trinajstić information content (AvgIpc) is 2.85. The van der Waals surface area contributed by atoms with Gasteiger partial charge in [-0.1, -0.05) is 42.5 Å². The van der Waals surface area contributed by atoms with Crippen molar-refractivity contribution < 1.29 is 22.3 Å². The van der Waals surface area contributed by atoms with Crippen LogP contribution in [0.2, 0.25) is 0 Å². The van der Waals surface area contributed by atoms with Gasteiger partial charge in [-0.2, -0.15) is 4.72 Å². The first-order valence-corrected chi connectivity index (χ1v) is 12.4. The van der Waals surface area contributed by atoms with Gasteiger partial charge in [0.05, 0.1) is 13.2 Å². The molecule has 1 amide bonds. The highest BCUT2D eigenvalue weighted by Crippen LogP contribution is 2.20. The molecular formula is C25H26FN3O4S. The minimum Gasteiger partial charge on any atom is -0.378 e. The van der Waals surface area contributed by atoms with Crippen LogP contribution in [0, 0.1) is 5.82 Å². The largest absolute Gasteiger partial charge is 0.378 e. The lowest BCUT2D eigenvalue weighted by Gasteiger charge is -2.29. The van der Waals surface area contributed by atoms with Crippen molar-refractivity contribution in [1.29, 1.82) is 0 Å². The zero-order valence-corrected chi connectivity index (χ0v) is 19.3. The van der Waals surface area contributed by atoms with Gasteiger partial charge in [0.25, 0.3) is 0 Å². The molecule has 0 radical (unpaired) electrons. The van der Waals surface area contributed by atoms with E-state index in [0.29, 0.717) is 18.9 Å². The van der Waals surface area contributed by atoms with Crippen LogP contribution in [0.1, 0.15) is 5.56 Å². The molecule has 1 atom stereocenters. The number of carbonyl (C=O) groups excluding carboxylic acids is 1. The second-order valence-electron chi connectivity index (χ2n) is 7.93. The lowest BCUT2D eigenvalue weighted by atomic mass is 10.1. The molecule has 0 spiro atoms. The number of hydrogen-bond acceptors (Lipinski definition) is 5. The Bertz CT molecular complexity index is 1210. The number of hydrogen-bond donors (Lipinski definition) is 2. The molecule has 178 valence electrons. The quantitative estimate of drug-likeness (QED) is 0.514. The Morgan fingerprint density at radius 1 is 0.941 bits per heavy atom. The van der Waals surface area contributed by atoms with Gasteiger partial charge in [-0.3, -0.25) is 4.79 Å². The zero-order chi connectivity index (χ0) is 24.0. The molecule has 0 aromatic heterocycles. The summed E-state index contributed by atoms with van der Waals surface area (Å²) in [4.78, 5) is 14.8. The van der Waals surface area contributed by atoms with Crippen LogP contribution in [-0.4, -0.2) is 46.7 Å². The number of halogens is 1. The molecule has 0 saturated carbocycles. The monoisotopic (exact) mass is 483 g/mol. The Balaban J connectivity index is 1.52. The van der Waals surface area contributed by atoms with Crippen molar-refractivity contribution in [3.05, 3.63) is 90.2 Å². The number of anilines is 2. The van der Waals surface area contributed by atoms with E-state index in [-0.39, 0.29) is 6.42 Å². The number of amides is 1. The molecule has 34 heavy (non-hydrogen) atoms. The van der Waals surface area contributed by atoms with Crippen LogP contribution in [-0.2, 0) is 26.0 Å². The number of nitrogens with one attached hydrogen (secondary N) is 2. The number of benzene rings is 3. The van der Waals surface area contributed by atoms with Gasteiger partial charge in [-0.25, -0.2) is 12.8 Å². The highest BCUT2D eigenvalue weighted by Gasteiger charge is 2.28. The molecule has 7 nitrogen and oxygen atoms in total. The van der Waals surface area contributed by atoms with Crippen molar-refractivity contribution in [2.45, 2.75) is 17.4 Å². The van der Waals surface area contributed by atoms with Crippen molar-refractivity contribution >= 4 is 27.3 Å². The Kier molecular flexibility index (Phi) is 7.56. The third-order valence-electron chi connectivity index (χ3n) is 5.53. The number of nitrogens with zero attached hydrogens (tertiary/aromatic N) is 1. The van der Waals surface area contributed by atoms with E-state index < -0.39 is 32.7 Å². The van der Waals surface area contributed by atoms with Gasteiger partial charge in [0.15, 0.2) is 0 Å². The first-order valence-electron chi connectivity index (χ1n) is 11.0. The van der Waals surface area contributed by atoms with Crippen LogP contribution in [0.5, 0.6) is 0 Å². The van der Waals surface area contributed by atoms with E-state index in [0.717, 1.165) is 30.4 Å². The smallest absolute Gasteiger partial charge is 0.244 e. The highest BCUT2D eigenvalue weighted by atomic mass is 32.2. The van der Waals surface area contributed by atoms with Crippen molar-refractivity contribution in [2.24, 2.45) is 0 Å². The maximum Gasteiger partial charge on any atom is 0.244 e. The molecule has 1 fully saturated rings. The molecular weight excluding hydrogens is 457 g/mol.